The van der Waals surface area contributed by atoms with E-state index < -0.39 is 0 Å². The van der Waals surface area contributed by atoms with Gasteiger partial charge in [0.05, 0.1) is 0 Å². The molecule has 1 heteroatoms. The van der Waals surface area contributed by atoms with Crippen molar-refractivity contribution in [2.24, 2.45) is 5.73 Å². The molecule has 0 spiro atoms. The Morgan fingerprint density at radius 1 is 1.25 bits per heavy atom. The molecule has 0 aromatic heterocycles. The third-order valence-corrected chi connectivity index (χ3v) is 2.01. The van der Waals surface area contributed by atoms with Crippen molar-refractivity contribution in [3.05, 3.63) is 35.4 Å². The number of hydrogen-bond donors (Lipinski definition) is 1. The van der Waals surface area contributed by atoms with E-state index in [4.69, 9.17) is 5.73 Å². The monoisotopic (exact) mass is 163 g/mol. The molecule has 1 rings (SSSR count). The van der Waals surface area contributed by atoms with E-state index in [1.807, 2.05) is 6.92 Å². The molecule has 66 valence electrons. The predicted molar refractivity (Wildman–Crippen MR) is 53.1 cm³/mol. The van der Waals surface area contributed by atoms with Gasteiger partial charge in [0.25, 0.3) is 0 Å². The van der Waals surface area contributed by atoms with Gasteiger partial charge in [-0.3, -0.25) is 0 Å². The topological polar surface area (TPSA) is 26.0 Å². The van der Waals surface area contributed by atoms with Gasteiger partial charge in [-0.1, -0.05) is 29.8 Å². The van der Waals surface area contributed by atoms with Gasteiger partial charge in [-0.05, 0) is 32.3 Å². The van der Waals surface area contributed by atoms with Gasteiger partial charge in [0, 0.05) is 6.04 Å². The van der Waals surface area contributed by atoms with Gasteiger partial charge in [-0.25, -0.2) is 0 Å². The highest BCUT2D eigenvalue weighted by Gasteiger charge is 1.95. The standard InChI is InChI=1S/C11H17N/c1-9-3-6-11(7-4-9)8-5-10(2)12/h3-4,6-7,10H,5,8,12H2,1-2H3. The Morgan fingerprint density at radius 3 is 2.33 bits per heavy atom. The van der Waals surface area contributed by atoms with Crippen LogP contribution < -0.4 is 5.73 Å². The van der Waals surface area contributed by atoms with E-state index in [-0.39, 0.29) is 0 Å². The summed E-state index contributed by atoms with van der Waals surface area (Å²) < 4.78 is 0. The largest absolute Gasteiger partial charge is 0.328 e. The van der Waals surface area contributed by atoms with Crippen LogP contribution in [0.5, 0.6) is 0 Å². The summed E-state index contributed by atoms with van der Waals surface area (Å²) in [5.74, 6) is 0. The summed E-state index contributed by atoms with van der Waals surface area (Å²) >= 11 is 0. The Hall–Kier alpha value is -0.820. The highest BCUT2D eigenvalue weighted by Crippen LogP contribution is 2.06. The predicted octanol–water partition coefficient (Wildman–Crippen LogP) is 2.27. The van der Waals surface area contributed by atoms with Crippen molar-refractivity contribution in [2.45, 2.75) is 32.7 Å². The van der Waals surface area contributed by atoms with Gasteiger partial charge in [0.15, 0.2) is 0 Å². The SMILES string of the molecule is Cc1ccc(CCC(C)N)cc1. The number of nitrogens with two attached hydrogens (primary N) is 1. The van der Waals surface area contributed by atoms with Crippen molar-refractivity contribution in [1.29, 1.82) is 0 Å². The molecule has 1 aromatic rings. The summed E-state index contributed by atoms with van der Waals surface area (Å²) in [5, 5.41) is 0. The van der Waals surface area contributed by atoms with Crippen molar-refractivity contribution in [2.75, 3.05) is 0 Å². The van der Waals surface area contributed by atoms with Crippen LogP contribution >= 0.6 is 0 Å². The van der Waals surface area contributed by atoms with Crippen molar-refractivity contribution < 1.29 is 0 Å². The minimum atomic E-state index is 0.311. The molecule has 0 amide bonds. The molecule has 0 aliphatic carbocycles. The third-order valence-electron chi connectivity index (χ3n) is 2.01. The molecule has 2 N–H and O–H groups in total. The van der Waals surface area contributed by atoms with Crippen LogP contribution in [0.1, 0.15) is 24.5 Å². The van der Waals surface area contributed by atoms with Crippen LogP contribution in [0.2, 0.25) is 0 Å². The first-order valence-electron chi connectivity index (χ1n) is 4.49. The van der Waals surface area contributed by atoms with Crippen LogP contribution in [0.4, 0.5) is 0 Å². The van der Waals surface area contributed by atoms with Crippen molar-refractivity contribution >= 4 is 0 Å². The molecule has 0 heterocycles. The molecule has 0 fully saturated rings. The molecule has 1 atom stereocenters. The van der Waals surface area contributed by atoms with Gasteiger partial charge in [-0.15, -0.1) is 0 Å². The van der Waals surface area contributed by atoms with Crippen LogP contribution in [-0.2, 0) is 6.42 Å². The first-order valence-corrected chi connectivity index (χ1v) is 4.49. The van der Waals surface area contributed by atoms with E-state index in [0.717, 1.165) is 12.8 Å². The third kappa shape index (κ3) is 3.05. The Bertz CT molecular complexity index is 223. The highest BCUT2D eigenvalue weighted by atomic mass is 14.6. The summed E-state index contributed by atoms with van der Waals surface area (Å²) in [6.45, 7) is 4.16. The summed E-state index contributed by atoms with van der Waals surface area (Å²) in [4.78, 5) is 0. The minimum absolute atomic E-state index is 0.311. The number of rotatable bonds is 3. The average molecular weight is 163 g/mol. The minimum Gasteiger partial charge on any atom is -0.328 e. The summed E-state index contributed by atoms with van der Waals surface area (Å²) in [6.07, 6.45) is 2.17. The number of benzene rings is 1. The van der Waals surface area contributed by atoms with Crippen molar-refractivity contribution in [1.82, 2.24) is 0 Å². The molecule has 0 saturated heterocycles. The number of aryl methyl sites for hydroxylation is 2. The van der Waals surface area contributed by atoms with Crippen LogP contribution in [0.25, 0.3) is 0 Å². The second-order valence-electron chi connectivity index (χ2n) is 3.50. The van der Waals surface area contributed by atoms with Crippen molar-refractivity contribution in [3.63, 3.8) is 0 Å². The summed E-state index contributed by atoms with van der Waals surface area (Å²) in [5.41, 5.74) is 8.38. The van der Waals surface area contributed by atoms with Crippen molar-refractivity contribution in [3.8, 4) is 0 Å². The highest BCUT2D eigenvalue weighted by molar-refractivity contribution is 5.21. The Morgan fingerprint density at radius 2 is 1.83 bits per heavy atom. The zero-order chi connectivity index (χ0) is 8.97. The molecule has 1 unspecified atom stereocenters. The van der Waals surface area contributed by atoms with Crippen LogP contribution in [0, 0.1) is 6.92 Å². The maximum absolute atomic E-state index is 5.67. The second-order valence-corrected chi connectivity index (χ2v) is 3.50. The van der Waals surface area contributed by atoms with Gasteiger partial charge < -0.3 is 5.73 Å². The molecule has 1 aromatic carbocycles. The second kappa shape index (κ2) is 4.27. The number of hydrogen-bond acceptors (Lipinski definition) is 1. The molecule has 1 nitrogen and oxygen atoms in total. The van der Waals surface area contributed by atoms with Crippen LogP contribution in [-0.4, -0.2) is 6.04 Å². The van der Waals surface area contributed by atoms with Gasteiger partial charge in [0.2, 0.25) is 0 Å². The quantitative estimate of drug-likeness (QED) is 0.726. The normalized spacial score (nSPS) is 12.9. The fourth-order valence-corrected chi connectivity index (χ4v) is 1.15. The lowest BCUT2D eigenvalue weighted by atomic mass is 10.1. The first-order chi connectivity index (χ1) is 5.68. The Labute approximate surface area is 74.6 Å². The maximum Gasteiger partial charge on any atom is 0.00136 e. The van der Waals surface area contributed by atoms with E-state index in [1.54, 1.807) is 0 Å². The molecule has 0 radical (unpaired) electrons. The molecular formula is C11H17N. The summed E-state index contributed by atoms with van der Waals surface area (Å²) in [6, 6.07) is 8.97. The van der Waals surface area contributed by atoms with E-state index in [0.29, 0.717) is 6.04 Å². The molecule has 0 aliphatic heterocycles. The lowest BCUT2D eigenvalue weighted by molar-refractivity contribution is 0.666. The lowest BCUT2D eigenvalue weighted by Crippen LogP contribution is -2.15. The molecular weight excluding hydrogens is 146 g/mol. The molecule has 12 heavy (non-hydrogen) atoms. The maximum atomic E-state index is 5.67. The fraction of sp³-hybridized carbons (Fsp3) is 0.455. The van der Waals surface area contributed by atoms with E-state index in [1.165, 1.54) is 11.1 Å². The Balaban J connectivity index is 2.48. The van der Waals surface area contributed by atoms with Gasteiger partial charge in [0.1, 0.15) is 0 Å². The van der Waals surface area contributed by atoms with E-state index in [9.17, 15) is 0 Å². The van der Waals surface area contributed by atoms with Gasteiger partial charge in [-0.2, -0.15) is 0 Å². The zero-order valence-corrected chi connectivity index (χ0v) is 7.88. The van der Waals surface area contributed by atoms with Crippen LogP contribution in [0.3, 0.4) is 0 Å². The zero-order valence-electron chi connectivity index (χ0n) is 7.88. The first kappa shape index (κ1) is 9.27. The smallest absolute Gasteiger partial charge is 0.00136 e. The van der Waals surface area contributed by atoms with E-state index in [2.05, 4.69) is 31.2 Å². The lowest BCUT2D eigenvalue weighted by Gasteiger charge is -2.04. The van der Waals surface area contributed by atoms with Gasteiger partial charge >= 0.3 is 0 Å². The Kier molecular flexibility index (Phi) is 3.30. The molecule has 0 saturated carbocycles. The molecule has 0 bridgehead atoms. The summed E-state index contributed by atoms with van der Waals surface area (Å²) in [7, 11) is 0. The average Bonchev–Trinajstić information content (AvgIpc) is 2.03. The van der Waals surface area contributed by atoms with E-state index >= 15 is 0 Å². The fourth-order valence-electron chi connectivity index (χ4n) is 1.15. The molecule has 0 aliphatic rings. The van der Waals surface area contributed by atoms with Crippen LogP contribution in [0.15, 0.2) is 24.3 Å².